The van der Waals surface area contributed by atoms with E-state index >= 15 is 0 Å². The maximum atomic E-state index is 12.9. The molecule has 0 fully saturated rings. The van der Waals surface area contributed by atoms with Crippen LogP contribution >= 0.6 is 0 Å². The normalized spacial score (nSPS) is 16.3. The molecule has 0 unspecified atom stereocenters. The van der Waals surface area contributed by atoms with E-state index in [4.69, 9.17) is 4.98 Å². The van der Waals surface area contributed by atoms with Gasteiger partial charge in [0.1, 0.15) is 0 Å². The monoisotopic (exact) mass is 396 g/mol. The van der Waals surface area contributed by atoms with E-state index < -0.39 is 0 Å². The van der Waals surface area contributed by atoms with Crippen molar-refractivity contribution in [3.8, 4) is 11.4 Å². The van der Waals surface area contributed by atoms with Gasteiger partial charge in [-0.3, -0.25) is 4.79 Å². The summed E-state index contributed by atoms with van der Waals surface area (Å²) in [6, 6.07) is 16.7. The van der Waals surface area contributed by atoms with Gasteiger partial charge in [0, 0.05) is 18.2 Å². The number of fused-ring (bicyclic) bond motifs is 2. The molecule has 150 valence electrons. The summed E-state index contributed by atoms with van der Waals surface area (Å²) in [5.74, 6) is 1.93. The molecular weight excluding hydrogens is 372 g/mol. The van der Waals surface area contributed by atoms with Crippen LogP contribution in [0.15, 0.2) is 54.7 Å². The van der Waals surface area contributed by atoms with Crippen LogP contribution in [0.1, 0.15) is 64.8 Å². The third kappa shape index (κ3) is 3.30. The van der Waals surface area contributed by atoms with Crippen molar-refractivity contribution in [2.45, 2.75) is 45.4 Å². The Hall–Kier alpha value is -3.34. The van der Waals surface area contributed by atoms with Crippen molar-refractivity contribution in [2.24, 2.45) is 0 Å². The lowest BCUT2D eigenvalue weighted by atomic mass is 9.81. The van der Waals surface area contributed by atoms with Crippen LogP contribution in [0.5, 0.6) is 0 Å². The number of carbonyl (C=O) groups is 1. The summed E-state index contributed by atoms with van der Waals surface area (Å²) < 4.78 is 1.63. The van der Waals surface area contributed by atoms with Gasteiger partial charge in [-0.1, -0.05) is 67.9 Å². The minimum absolute atomic E-state index is 0.121. The van der Waals surface area contributed by atoms with Gasteiger partial charge in [0.25, 0.3) is 5.78 Å². The second-order valence-electron chi connectivity index (χ2n) is 8.50. The molecule has 0 amide bonds. The van der Waals surface area contributed by atoms with Crippen molar-refractivity contribution in [1.82, 2.24) is 19.6 Å². The summed E-state index contributed by atoms with van der Waals surface area (Å²) in [5.41, 5.74) is 6.13. The maximum Gasteiger partial charge on any atom is 0.252 e. The van der Waals surface area contributed by atoms with Crippen LogP contribution in [0.2, 0.25) is 0 Å². The number of nitrogens with zero attached hydrogens (tertiary/aromatic N) is 4. The summed E-state index contributed by atoms with van der Waals surface area (Å²) in [5, 5.41) is 4.55. The molecule has 0 saturated carbocycles. The fourth-order valence-corrected chi connectivity index (χ4v) is 4.10. The van der Waals surface area contributed by atoms with E-state index in [2.05, 4.69) is 55.1 Å². The van der Waals surface area contributed by atoms with E-state index in [1.54, 1.807) is 10.7 Å². The molecule has 2 aromatic heterocycles. The van der Waals surface area contributed by atoms with E-state index in [-0.39, 0.29) is 11.7 Å². The number of aryl methyl sites for hydroxylation is 1. The Morgan fingerprint density at radius 1 is 0.967 bits per heavy atom. The highest BCUT2D eigenvalue weighted by Gasteiger charge is 2.28. The molecule has 2 heterocycles. The van der Waals surface area contributed by atoms with E-state index in [9.17, 15) is 4.79 Å². The van der Waals surface area contributed by atoms with Gasteiger partial charge in [-0.15, -0.1) is 5.10 Å². The largest absolute Gasteiger partial charge is 0.294 e. The Kier molecular flexibility index (Phi) is 4.46. The van der Waals surface area contributed by atoms with Crippen LogP contribution in [0.25, 0.3) is 17.2 Å². The zero-order valence-electron chi connectivity index (χ0n) is 17.5. The SMILES string of the molecule is Cc1ccc(-c2nc3nc4c(cn3n2)C(=O)C[C@@H](c2ccc(C(C)C)cc2)C4)cc1. The maximum absolute atomic E-state index is 12.9. The quantitative estimate of drug-likeness (QED) is 0.481. The molecule has 0 N–H and O–H groups in total. The Balaban J connectivity index is 1.49. The molecule has 1 aliphatic carbocycles. The van der Waals surface area contributed by atoms with Gasteiger partial charge in [0.05, 0.1) is 11.3 Å². The number of rotatable bonds is 3. The number of hydrogen-bond donors (Lipinski definition) is 0. The van der Waals surface area contributed by atoms with Crippen molar-refractivity contribution in [1.29, 1.82) is 0 Å². The first-order chi connectivity index (χ1) is 14.5. The first-order valence-electron chi connectivity index (χ1n) is 10.4. The summed E-state index contributed by atoms with van der Waals surface area (Å²) in [4.78, 5) is 22.2. The Labute approximate surface area is 175 Å². The predicted octanol–water partition coefficient (Wildman–Crippen LogP) is 5.14. The summed E-state index contributed by atoms with van der Waals surface area (Å²) in [6.45, 7) is 6.43. The van der Waals surface area contributed by atoms with E-state index in [1.165, 1.54) is 16.7 Å². The fraction of sp³-hybridized carbons (Fsp3) is 0.280. The van der Waals surface area contributed by atoms with Crippen LogP contribution < -0.4 is 0 Å². The number of Topliss-reactive ketones (excluding diaryl/α,β-unsaturated/α-hetero) is 1. The Morgan fingerprint density at radius 3 is 2.40 bits per heavy atom. The smallest absolute Gasteiger partial charge is 0.252 e. The van der Waals surface area contributed by atoms with Crippen molar-refractivity contribution in [3.05, 3.63) is 82.7 Å². The van der Waals surface area contributed by atoms with Crippen molar-refractivity contribution < 1.29 is 4.79 Å². The first kappa shape index (κ1) is 18.7. The van der Waals surface area contributed by atoms with Gasteiger partial charge in [0.2, 0.25) is 0 Å². The highest BCUT2D eigenvalue weighted by atomic mass is 16.1. The topological polar surface area (TPSA) is 60.1 Å². The van der Waals surface area contributed by atoms with Gasteiger partial charge in [0.15, 0.2) is 11.6 Å². The van der Waals surface area contributed by atoms with E-state index in [0.29, 0.717) is 29.5 Å². The molecule has 0 aliphatic heterocycles. The molecule has 0 saturated heterocycles. The van der Waals surface area contributed by atoms with Gasteiger partial charge in [-0.2, -0.15) is 4.98 Å². The van der Waals surface area contributed by atoms with Crippen LogP contribution in [0.4, 0.5) is 0 Å². The molecule has 5 heteroatoms. The average molecular weight is 396 g/mol. The lowest BCUT2D eigenvalue weighted by molar-refractivity contribution is 0.0962. The van der Waals surface area contributed by atoms with Crippen molar-refractivity contribution >= 4 is 11.6 Å². The zero-order chi connectivity index (χ0) is 20.8. The number of aromatic nitrogens is 4. The number of ketones is 1. The summed E-state index contributed by atoms with van der Waals surface area (Å²) in [6.07, 6.45) is 3.04. The van der Waals surface area contributed by atoms with Crippen LogP contribution in [-0.4, -0.2) is 25.4 Å². The lowest BCUT2D eigenvalue weighted by Crippen LogP contribution is -2.21. The molecule has 5 rings (SSSR count). The van der Waals surface area contributed by atoms with Crippen LogP contribution in [-0.2, 0) is 6.42 Å². The molecule has 0 bridgehead atoms. The van der Waals surface area contributed by atoms with Crippen molar-refractivity contribution in [2.75, 3.05) is 0 Å². The lowest BCUT2D eigenvalue weighted by Gasteiger charge is -2.23. The Morgan fingerprint density at radius 2 is 1.70 bits per heavy atom. The molecule has 1 atom stereocenters. The highest BCUT2D eigenvalue weighted by molar-refractivity contribution is 5.98. The van der Waals surface area contributed by atoms with E-state index in [1.807, 2.05) is 24.3 Å². The van der Waals surface area contributed by atoms with Crippen molar-refractivity contribution in [3.63, 3.8) is 0 Å². The average Bonchev–Trinajstić information content (AvgIpc) is 3.16. The fourth-order valence-electron chi connectivity index (χ4n) is 4.10. The standard InChI is InChI=1S/C25H24N4O/c1-15(2)17-8-10-18(11-9-17)20-12-22-21(23(30)13-20)14-29-25(26-22)27-24(28-29)19-6-4-16(3)5-7-19/h4-11,14-15,20H,12-13H2,1-3H3/t20-/m0/s1. The van der Waals surface area contributed by atoms with E-state index in [0.717, 1.165) is 17.7 Å². The zero-order valence-corrected chi connectivity index (χ0v) is 17.5. The van der Waals surface area contributed by atoms with Gasteiger partial charge >= 0.3 is 0 Å². The Bertz CT molecular complexity index is 1240. The molecule has 0 spiro atoms. The number of carbonyl (C=O) groups excluding carboxylic acids is 1. The molecule has 2 aromatic carbocycles. The number of benzene rings is 2. The molecular formula is C25H24N4O. The third-order valence-electron chi connectivity index (χ3n) is 5.97. The second kappa shape index (κ2) is 7.17. The summed E-state index contributed by atoms with van der Waals surface area (Å²) in [7, 11) is 0. The summed E-state index contributed by atoms with van der Waals surface area (Å²) >= 11 is 0. The minimum Gasteiger partial charge on any atom is -0.294 e. The minimum atomic E-state index is 0.121. The van der Waals surface area contributed by atoms with Gasteiger partial charge < -0.3 is 0 Å². The predicted molar refractivity (Wildman–Crippen MR) is 117 cm³/mol. The van der Waals surface area contributed by atoms with Gasteiger partial charge in [-0.25, -0.2) is 9.50 Å². The molecule has 0 radical (unpaired) electrons. The second-order valence-corrected chi connectivity index (χ2v) is 8.50. The molecule has 4 aromatic rings. The molecule has 5 nitrogen and oxygen atoms in total. The van der Waals surface area contributed by atoms with Crippen LogP contribution in [0.3, 0.4) is 0 Å². The first-order valence-corrected chi connectivity index (χ1v) is 10.4. The van der Waals surface area contributed by atoms with Crippen LogP contribution in [0, 0.1) is 6.92 Å². The molecule has 1 aliphatic rings. The number of hydrogen-bond acceptors (Lipinski definition) is 4. The van der Waals surface area contributed by atoms with Gasteiger partial charge in [-0.05, 0) is 36.3 Å². The highest BCUT2D eigenvalue weighted by Crippen LogP contribution is 2.33. The third-order valence-corrected chi connectivity index (χ3v) is 5.97. The molecule has 30 heavy (non-hydrogen) atoms.